The topological polar surface area (TPSA) is 69.2 Å². The van der Waals surface area contributed by atoms with E-state index in [0.717, 1.165) is 35.2 Å². The van der Waals surface area contributed by atoms with Gasteiger partial charge in [0.2, 0.25) is 5.88 Å². The summed E-state index contributed by atoms with van der Waals surface area (Å²) in [5, 5.41) is 0. The Morgan fingerprint density at radius 1 is 0.962 bits per heavy atom. The molecule has 0 bridgehead atoms. The highest BCUT2D eigenvalue weighted by Gasteiger charge is 2.24. The molecule has 132 valence electrons. The zero-order valence-electron chi connectivity index (χ0n) is 14.3. The lowest BCUT2D eigenvalue weighted by Gasteiger charge is -2.12. The Hall–Kier alpha value is -2.73. The molecule has 0 saturated carbocycles. The highest BCUT2D eigenvalue weighted by atomic mass is 32.2. The van der Waals surface area contributed by atoms with Crippen molar-refractivity contribution in [3.63, 3.8) is 0 Å². The molecule has 0 aliphatic heterocycles. The fraction of sp³-hybridized carbons (Fsp3) is 0.200. The summed E-state index contributed by atoms with van der Waals surface area (Å²) in [5.41, 5.74) is 4.70. The minimum absolute atomic E-state index is 0.115. The van der Waals surface area contributed by atoms with Crippen LogP contribution in [0.4, 0.5) is 0 Å². The van der Waals surface area contributed by atoms with Crippen molar-refractivity contribution in [3.05, 3.63) is 71.5 Å². The average molecular weight is 366 g/mol. The molecule has 0 N–H and O–H groups in total. The molecule has 0 fully saturated rings. The Morgan fingerprint density at radius 3 is 2.54 bits per heavy atom. The molecule has 0 amide bonds. The van der Waals surface area contributed by atoms with Crippen LogP contribution in [-0.2, 0) is 23.0 Å². The number of fused-ring (bicyclic) bond motifs is 3. The molecule has 1 aromatic heterocycles. The lowest BCUT2D eigenvalue weighted by Crippen LogP contribution is -2.13. The van der Waals surface area contributed by atoms with E-state index in [4.69, 9.17) is 4.18 Å². The SMILES string of the molecule is Cc1ccc(S(=O)(=O)Oc2ncnc3c2CCCc2ccccc2-3)cc1. The van der Waals surface area contributed by atoms with Crippen LogP contribution in [0.1, 0.15) is 23.1 Å². The van der Waals surface area contributed by atoms with Gasteiger partial charge in [-0.1, -0.05) is 42.0 Å². The molecule has 0 unspecified atom stereocenters. The predicted molar refractivity (Wildman–Crippen MR) is 98.5 cm³/mol. The van der Waals surface area contributed by atoms with E-state index in [0.29, 0.717) is 6.42 Å². The predicted octanol–water partition coefficient (Wildman–Crippen LogP) is 3.71. The van der Waals surface area contributed by atoms with Crippen LogP contribution in [0, 0.1) is 6.92 Å². The number of benzene rings is 2. The van der Waals surface area contributed by atoms with E-state index in [2.05, 4.69) is 16.0 Å². The van der Waals surface area contributed by atoms with Gasteiger partial charge in [-0.2, -0.15) is 8.42 Å². The number of aromatic nitrogens is 2. The van der Waals surface area contributed by atoms with Crippen LogP contribution in [-0.4, -0.2) is 18.4 Å². The number of nitrogens with zero attached hydrogens (tertiary/aromatic N) is 2. The van der Waals surface area contributed by atoms with Crippen molar-refractivity contribution in [1.29, 1.82) is 0 Å². The van der Waals surface area contributed by atoms with E-state index >= 15 is 0 Å². The van der Waals surface area contributed by atoms with E-state index in [1.807, 2.05) is 25.1 Å². The first-order valence-electron chi connectivity index (χ1n) is 8.48. The van der Waals surface area contributed by atoms with Gasteiger partial charge in [0.25, 0.3) is 0 Å². The van der Waals surface area contributed by atoms with E-state index in [1.54, 1.807) is 24.3 Å². The van der Waals surface area contributed by atoms with E-state index in [1.165, 1.54) is 11.9 Å². The first kappa shape index (κ1) is 16.7. The second-order valence-corrected chi connectivity index (χ2v) is 7.91. The van der Waals surface area contributed by atoms with Gasteiger partial charge in [-0.15, -0.1) is 0 Å². The van der Waals surface area contributed by atoms with Crippen molar-refractivity contribution in [1.82, 2.24) is 9.97 Å². The molecular weight excluding hydrogens is 348 g/mol. The van der Waals surface area contributed by atoms with Gasteiger partial charge in [-0.25, -0.2) is 9.97 Å². The van der Waals surface area contributed by atoms with Gasteiger partial charge in [0, 0.05) is 11.1 Å². The van der Waals surface area contributed by atoms with Crippen molar-refractivity contribution < 1.29 is 12.6 Å². The Kier molecular flexibility index (Phi) is 4.20. The Balaban J connectivity index is 1.77. The number of hydrogen-bond acceptors (Lipinski definition) is 5. The highest BCUT2D eigenvalue weighted by molar-refractivity contribution is 7.87. The Labute approximate surface area is 152 Å². The molecule has 1 aliphatic carbocycles. The van der Waals surface area contributed by atoms with Gasteiger partial charge < -0.3 is 4.18 Å². The lowest BCUT2D eigenvalue weighted by molar-refractivity contribution is 0.471. The third-order valence-corrected chi connectivity index (χ3v) is 5.78. The molecule has 0 saturated heterocycles. The Morgan fingerprint density at radius 2 is 1.73 bits per heavy atom. The van der Waals surface area contributed by atoms with Crippen LogP contribution >= 0.6 is 0 Å². The number of hydrogen-bond donors (Lipinski definition) is 0. The van der Waals surface area contributed by atoms with Crippen LogP contribution in [0.15, 0.2) is 59.8 Å². The molecule has 0 atom stereocenters. The molecule has 26 heavy (non-hydrogen) atoms. The van der Waals surface area contributed by atoms with Gasteiger partial charge in [0.15, 0.2) is 0 Å². The molecule has 0 spiro atoms. The molecular formula is C20H18N2O3S. The van der Waals surface area contributed by atoms with Crippen molar-refractivity contribution in [2.24, 2.45) is 0 Å². The van der Waals surface area contributed by atoms with Crippen molar-refractivity contribution >= 4 is 10.1 Å². The Bertz CT molecular complexity index is 1060. The van der Waals surface area contributed by atoms with E-state index < -0.39 is 10.1 Å². The van der Waals surface area contributed by atoms with E-state index in [-0.39, 0.29) is 10.8 Å². The molecule has 1 aliphatic rings. The quantitative estimate of drug-likeness (QED) is 0.661. The molecule has 3 aromatic rings. The summed E-state index contributed by atoms with van der Waals surface area (Å²) in [7, 11) is -3.94. The minimum Gasteiger partial charge on any atom is -0.358 e. The fourth-order valence-corrected chi connectivity index (χ4v) is 4.12. The summed E-state index contributed by atoms with van der Waals surface area (Å²) in [4.78, 5) is 8.65. The summed E-state index contributed by atoms with van der Waals surface area (Å²) in [6, 6.07) is 14.6. The van der Waals surface area contributed by atoms with Crippen molar-refractivity contribution in [2.45, 2.75) is 31.1 Å². The maximum Gasteiger partial charge on any atom is 0.340 e. The summed E-state index contributed by atoms with van der Waals surface area (Å²) in [5.74, 6) is 0.118. The van der Waals surface area contributed by atoms with Crippen molar-refractivity contribution in [3.8, 4) is 17.1 Å². The second-order valence-electron chi connectivity index (χ2n) is 6.37. The van der Waals surface area contributed by atoms with Gasteiger partial charge in [0.05, 0.1) is 5.69 Å². The number of rotatable bonds is 3. The third kappa shape index (κ3) is 3.08. The molecule has 2 aromatic carbocycles. The van der Waals surface area contributed by atoms with Crippen LogP contribution in [0.5, 0.6) is 5.88 Å². The molecule has 5 nitrogen and oxygen atoms in total. The highest BCUT2D eigenvalue weighted by Crippen LogP contribution is 2.35. The van der Waals surface area contributed by atoms with Gasteiger partial charge in [0.1, 0.15) is 11.2 Å². The summed E-state index contributed by atoms with van der Waals surface area (Å²) in [6.07, 6.45) is 3.83. The van der Waals surface area contributed by atoms with Crippen molar-refractivity contribution in [2.75, 3.05) is 0 Å². The molecule has 6 heteroatoms. The summed E-state index contributed by atoms with van der Waals surface area (Å²) >= 11 is 0. The maximum absolute atomic E-state index is 12.6. The summed E-state index contributed by atoms with van der Waals surface area (Å²) < 4.78 is 30.7. The molecule has 0 radical (unpaired) electrons. The van der Waals surface area contributed by atoms with Gasteiger partial charge in [-0.05, 0) is 43.9 Å². The lowest BCUT2D eigenvalue weighted by atomic mass is 10.0. The zero-order valence-corrected chi connectivity index (χ0v) is 15.2. The molecule has 4 rings (SSSR count). The van der Waals surface area contributed by atoms with Gasteiger partial charge in [-0.3, -0.25) is 0 Å². The summed E-state index contributed by atoms with van der Waals surface area (Å²) in [6.45, 7) is 1.90. The first-order valence-corrected chi connectivity index (χ1v) is 9.89. The average Bonchev–Trinajstić information content (AvgIpc) is 2.82. The normalized spacial score (nSPS) is 13.4. The third-order valence-electron chi connectivity index (χ3n) is 4.55. The van der Waals surface area contributed by atoms with Gasteiger partial charge >= 0.3 is 10.1 Å². The monoisotopic (exact) mass is 366 g/mol. The van der Waals surface area contributed by atoms with Crippen LogP contribution < -0.4 is 4.18 Å². The zero-order chi connectivity index (χ0) is 18.1. The largest absolute Gasteiger partial charge is 0.358 e. The first-order chi connectivity index (χ1) is 12.5. The van der Waals surface area contributed by atoms with Crippen LogP contribution in [0.25, 0.3) is 11.3 Å². The standard InChI is InChI=1S/C20H18N2O3S/c1-14-9-11-16(12-10-14)26(23,24)25-20-18-8-4-6-15-5-2-3-7-17(15)19(18)21-13-22-20/h2-3,5,7,9-13H,4,6,8H2,1H3. The van der Waals surface area contributed by atoms with E-state index in [9.17, 15) is 8.42 Å². The number of aryl methyl sites for hydroxylation is 2. The van der Waals surface area contributed by atoms with Crippen LogP contribution in [0.3, 0.4) is 0 Å². The van der Waals surface area contributed by atoms with Crippen LogP contribution in [0.2, 0.25) is 0 Å². The molecule has 1 heterocycles. The maximum atomic E-state index is 12.6. The fourth-order valence-electron chi connectivity index (χ4n) is 3.21. The smallest absolute Gasteiger partial charge is 0.340 e. The minimum atomic E-state index is -3.94. The second kappa shape index (κ2) is 6.53.